The minimum Gasteiger partial charge on any atom is -0.382 e. The Labute approximate surface area is 115 Å². The monoisotopic (exact) mass is 339 g/mol. The number of benzene rings is 1. The molecule has 0 aromatic heterocycles. The molecule has 0 saturated heterocycles. The molecule has 0 amide bonds. The van der Waals surface area contributed by atoms with Crippen LogP contribution < -0.4 is 4.72 Å². The van der Waals surface area contributed by atoms with Crippen LogP contribution >= 0.6 is 15.9 Å². The van der Waals surface area contributed by atoms with Gasteiger partial charge < -0.3 is 4.74 Å². The van der Waals surface area contributed by atoms with Crippen molar-refractivity contribution in [2.45, 2.75) is 18.2 Å². The first-order valence-corrected chi connectivity index (χ1v) is 7.77. The molecule has 0 bridgehead atoms. The average molecular weight is 340 g/mol. The molecule has 4 nitrogen and oxygen atoms in total. The van der Waals surface area contributed by atoms with Crippen molar-refractivity contribution in [1.29, 1.82) is 0 Å². The first-order valence-electron chi connectivity index (χ1n) is 5.50. The fourth-order valence-corrected chi connectivity index (χ4v) is 3.42. The van der Waals surface area contributed by atoms with Crippen molar-refractivity contribution in [1.82, 2.24) is 4.72 Å². The van der Waals surface area contributed by atoms with Crippen molar-refractivity contribution in [2.24, 2.45) is 0 Å². The molecule has 0 fully saturated rings. The van der Waals surface area contributed by atoms with Crippen LogP contribution in [0.15, 0.2) is 27.6 Å². The molecule has 1 aromatic rings. The molecule has 0 spiro atoms. The highest BCUT2D eigenvalue weighted by Gasteiger charge is 2.17. The molecule has 18 heavy (non-hydrogen) atoms. The topological polar surface area (TPSA) is 55.4 Å². The molecule has 1 aromatic carbocycles. The van der Waals surface area contributed by atoms with Crippen LogP contribution in [0.1, 0.15) is 13.3 Å². The second kappa shape index (κ2) is 7.18. The second-order valence-electron chi connectivity index (χ2n) is 3.52. The number of nitrogens with one attached hydrogen (secondary N) is 1. The van der Waals surface area contributed by atoms with E-state index in [0.29, 0.717) is 19.6 Å². The van der Waals surface area contributed by atoms with Gasteiger partial charge in [0.25, 0.3) is 0 Å². The van der Waals surface area contributed by atoms with Crippen LogP contribution in [-0.2, 0) is 14.8 Å². The molecule has 7 heteroatoms. The van der Waals surface area contributed by atoms with Gasteiger partial charge in [-0.25, -0.2) is 17.5 Å². The van der Waals surface area contributed by atoms with E-state index in [4.69, 9.17) is 4.74 Å². The van der Waals surface area contributed by atoms with Gasteiger partial charge in [-0.2, -0.15) is 0 Å². The first-order chi connectivity index (χ1) is 8.47. The van der Waals surface area contributed by atoms with E-state index in [2.05, 4.69) is 20.7 Å². The Morgan fingerprint density at radius 2 is 2.17 bits per heavy atom. The number of rotatable bonds is 7. The molecule has 1 N–H and O–H groups in total. The van der Waals surface area contributed by atoms with Gasteiger partial charge in [0.2, 0.25) is 10.0 Å². The van der Waals surface area contributed by atoms with Crippen molar-refractivity contribution in [3.63, 3.8) is 0 Å². The fraction of sp³-hybridized carbons (Fsp3) is 0.455. The quantitative estimate of drug-likeness (QED) is 0.775. The summed E-state index contributed by atoms with van der Waals surface area (Å²) >= 11 is 3.03. The van der Waals surface area contributed by atoms with E-state index in [1.807, 2.05) is 6.92 Å². The zero-order valence-corrected chi connectivity index (χ0v) is 12.4. The third-order valence-corrected chi connectivity index (χ3v) is 4.58. The molecule has 0 aliphatic carbocycles. The van der Waals surface area contributed by atoms with E-state index in [9.17, 15) is 12.8 Å². The van der Waals surface area contributed by atoms with E-state index in [1.165, 1.54) is 6.07 Å². The molecular formula is C11H15BrFNO3S. The van der Waals surface area contributed by atoms with E-state index in [0.717, 1.165) is 12.1 Å². The van der Waals surface area contributed by atoms with Crippen LogP contribution in [0.2, 0.25) is 0 Å². The summed E-state index contributed by atoms with van der Waals surface area (Å²) in [5, 5.41) is 0. The first kappa shape index (κ1) is 15.6. The Kier molecular flexibility index (Phi) is 6.20. The standard InChI is InChI=1S/C11H15BrFNO3S/c1-2-17-7-3-6-14-18(15,16)11-5-4-9(13)8-10(11)12/h4-5,8,14H,2-3,6-7H2,1H3. The van der Waals surface area contributed by atoms with Crippen LogP contribution in [0.5, 0.6) is 0 Å². The lowest BCUT2D eigenvalue weighted by atomic mass is 10.3. The summed E-state index contributed by atoms with van der Waals surface area (Å²) in [6, 6.07) is 3.46. The Balaban J connectivity index is 2.63. The van der Waals surface area contributed by atoms with Crippen molar-refractivity contribution >= 4 is 26.0 Å². The van der Waals surface area contributed by atoms with Gasteiger partial charge in [-0.3, -0.25) is 0 Å². The molecule has 0 aliphatic rings. The molecule has 0 radical (unpaired) electrons. The minimum atomic E-state index is -3.61. The van der Waals surface area contributed by atoms with Gasteiger partial charge in [-0.05, 0) is 47.5 Å². The molecule has 0 aliphatic heterocycles. The Morgan fingerprint density at radius 1 is 1.44 bits per heavy atom. The molecule has 1 rings (SSSR count). The Bertz CT molecular complexity index is 493. The van der Waals surface area contributed by atoms with Crippen LogP contribution in [0.4, 0.5) is 4.39 Å². The van der Waals surface area contributed by atoms with Crippen LogP contribution in [0.25, 0.3) is 0 Å². The number of hydrogen-bond donors (Lipinski definition) is 1. The summed E-state index contributed by atoms with van der Waals surface area (Å²) in [5.74, 6) is -0.489. The lowest BCUT2D eigenvalue weighted by Gasteiger charge is -2.08. The minimum absolute atomic E-state index is 0.0281. The van der Waals surface area contributed by atoms with Gasteiger partial charge in [0.15, 0.2) is 0 Å². The van der Waals surface area contributed by atoms with E-state index < -0.39 is 15.8 Å². The normalized spacial score (nSPS) is 11.7. The number of ether oxygens (including phenoxy) is 1. The summed E-state index contributed by atoms with van der Waals surface area (Å²) in [7, 11) is -3.61. The van der Waals surface area contributed by atoms with Crippen LogP contribution in [0, 0.1) is 5.82 Å². The third kappa shape index (κ3) is 4.64. The van der Waals surface area contributed by atoms with Crippen molar-refractivity contribution in [2.75, 3.05) is 19.8 Å². The molecule has 0 unspecified atom stereocenters. The van der Waals surface area contributed by atoms with E-state index in [1.54, 1.807) is 0 Å². The van der Waals surface area contributed by atoms with Crippen molar-refractivity contribution in [3.05, 3.63) is 28.5 Å². The smallest absolute Gasteiger partial charge is 0.241 e. The zero-order chi connectivity index (χ0) is 13.6. The summed E-state index contributed by atoms with van der Waals surface area (Å²) in [6.07, 6.45) is 0.589. The number of halogens is 2. The predicted octanol–water partition coefficient (Wildman–Crippen LogP) is 2.29. The lowest BCUT2D eigenvalue weighted by Crippen LogP contribution is -2.26. The number of hydrogen-bond acceptors (Lipinski definition) is 3. The summed E-state index contributed by atoms with van der Waals surface area (Å²) in [5.41, 5.74) is 0. The molecule has 0 atom stereocenters. The van der Waals surface area contributed by atoms with Gasteiger partial charge in [-0.1, -0.05) is 0 Å². The highest BCUT2D eigenvalue weighted by Crippen LogP contribution is 2.22. The maximum atomic E-state index is 12.9. The molecule has 0 heterocycles. The third-order valence-electron chi connectivity index (χ3n) is 2.15. The predicted molar refractivity (Wildman–Crippen MR) is 70.4 cm³/mol. The largest absolute Gasteiger partial charge is 0.382 e. The average Bonchev–Trinajstić information content (AvgIpc) is 2.28. The van der Waals surface area contributed by atoms with Gasteiger partial charge in [-0.15, -0.1) is 0 Å². The van der Waals surface area contributed by atoms with Crippen molar-refractivity contribution < 1.29 is 17.5 Å². The lowest BCUT2D eigenvalue weighted by molar-refractivity contribution is 0.146. The fourth-order valence-electron chi connectivity index (χ4n) is 1.30. The van der Waals surface area contributed by atoms with Gasteiger partial charge >= 0.3 is 0 Å². The highest BCUT2D eigenvalue weighted by atomic mass is 79.9. The maximum Gasteiger partial charge on any atom is 0.241 e. The van der Waals surface area contributed by atoms with Crippen LogP contribution in [-0.4, -0.2) is 28.2 Å². The zero-order valence-electron chi connectivity index (χ0n) is 9.95. The molecule has 102 valence electrons. The maximum absolute atomic E-state index is 12.9. The van der Waals surface area contributed by atoms with Crippen molar-refractivity contribution in [3.8, 4) is 0 Å². The van der Waals surface area contributed by atoms with Gasteiger partial charge in [0.05, 0.1) is 4.90 Å². The SMILES string of the molecule is CCOCCCNS(=O)(=O)c1ccc(F)cc1Br. The Morgan fingerprint density at radius 3 is 2.78 bits per heavy atom. The summed E-state index contributed by atoms with van der Waals surface area (Å²) in [6.45, 7) is 3.27. The van der Waals surface area contributed by atoms with Gasteiger partial charge in [0, 0.05) is 24.2 Å². The second-order valence-corrected chi connectivity index (χ2v) is 6.11. The highest BCUT2D eigenvalue weighted by molar-refractivity contribution is 9.10. The summed E-state index contributed by atoms with van der Waals surface area (Å²) < 4.78 is 44.4. The van der Waals surface area contributed by atoms with E-state index in [-0.39, 0.29) is 15.9 Å². The molecular weight excluding hydrogens is 325 g/mol. The van der Waals surface area contributed by atoms with E-state index >= 15 is 0 Å². The number of sulfonamides is 1. The Hall–Kier alpha value is -0.500. The summed E-state index contributed by atoms with van der Waals surface area (Å²) in [4.78, 5) is 0.0281. The van der Waals surface area contributed by atoms with Gasteiger partial charge in [0.1, 0.15) is 5.82 Å². The van der Waals surface area contributed by atoms with Crippen LogP contribution in [0.3, 0.4) is 0 Å². The molecule has 0 saturated carbocycles.